The molecule has 3 aromatic heterocycles. The number of benzene rings is 9. The summed E-state index contributed by atoms with van der Waals surface area (Å²) >= 11 is 0. The summed E-state index contributed by atoms with van der Waals surface area (Å²) in [6, 6.07) is 76.3. The topological polar surface area (TPSA) is 56.7 Å². The average Bonchev–Trinajstić information content (AvgIpc) is 3.90. The van der Waals surface area contributed by atoms with Gasteiger partial charge in [-0.3, -0.25) is 0 Å². The second kappa shape index (κ2) is 14.7. The molecule has 0 bridgehead atoms. The lowest BCUT2D eigenvalue weighted by atomic mass is 10.0. The Morgan fingerprint density at radius 3 is 1.35 bits per heavy atom. The summed E-state index contributed by atoms with van der Waals surface area (Å²) in [6.07, 6.45) is 0. The highest BCUT2D eigenvalue weighted by atomic mass is 16.3. The highest BCUT2D eigenvalue weighted by molar-refractivity contribution is 6.13. The van der Waals surface area contributed by atoms with Gasteiger partial charge in [0, 0.05) is 38.2 Å². The first-order valence-corrected chi connectivity index (χ1v) is 20.8. The number of aromatic nitrogens is 4. The lowest BCUT2D eigenvalue weighted by Crippen LogP contribution is -2.00. The number of furan rings is 1. The van der Waals surface area contributed by atoms with Crippen LogP contribution in [0.5, 0.6) is 0 Å². The molecule has 0 spiro atoms. The standard InChI is InChI=1S/C57H36N4O/c1-4-13-37(14-5-1)40-23-27-42(28-24-40)55-58-56(43-29-25-41(26-30-43)38-15-6-2-7-16-38)60-57(59-55)45-31-33-47-48-20-12-22-52(54(48)62-53(47)36-45)61-50-21-11-10-19-46(50)49-35-44(32-34-51(49)61)39-17-8-3-9-18-39/h1-36H. The summed E-state index contributed by atoms with van der Waals surface area (Å²) in [4.78, 5) is 15.3. The fourth-order valence-corrected chi connectivity index (χ4v) is 8.79. The van der Waals surface area contributed by atoms with Gasteiger partial charge in [-0.2, -0.15) is 0 Å². The van der Waals surface area contributed by atoms with Crippen molar-refractivity contribution in [1.82, 2.24) is 19.5 Å². The van der Waals surface area contributed by atoms with Crippen LogP contribution in [0.25, 0.3) is 117 Å². The number of hydrogen-bond donors (Lipinski definition) is 0. The Labute approximate surface area is 357 Å². The molecular formula is C57H36N4O. The third kappa shape index (κ3) is 6.14. The Bertz CT molecular complexity index is 3490. The average molecular weight is 793 g/mol. The zero-order valence-electron chi connectivity index (χ0n) is 33.5. The van der Waals surface area contributed by atoms with Gasteiger partial charge in [0.15, 0.2) is 23.1 Å². The molecule has 62 heavy (non-hydrogen) atoms. The second-order valence-corrected chi connectivity index (χ2v) is 15.6. The highest BCUT2D eigenvalue weighted by Crippen LogP contribution is 2.40. The van der Waals surface area contributed by atoms with Crippen molar-refractivity contribution in [2.45, 2.75) is 0 Å². The lowest BCUT2D eigenvalue weighted by molar-refractivity contribution is 0.666. The van der Waals surface area contributed by atoms with E-state index in [0.717, 1.165) is 77.6 Å². The quantitative estimate of drug-likeness (QED) is 0.161. The largest absolute Gasteiger partial charge is 0.454 e. The van der Waals surface area contributed by atoms with Gasteiger partial charge in [0.2, 0.25) is 0 Å². The summed E-state index contributed by atoms with van der Waals surface area (Å²) in [6.45, 7) is 0. The van der Waals surface area contributed by atoms with Gasteiger partial charge < -0.3 is 8.98 Å². The molecule has 0 radical (unpaired) electrons. The van der Waals surface area contributed by atoms with Crippen LogP contribution in [0.2, 0.25) is 0 Å². The van der Waals surface area contributed by atoms with E-state index in [2.05, 4.69) is 211 Å². The molecule has 0 N–H and O–H groups in total. The minimum atomic E-state index is 0.573. The van der Waals surface area contributed by atoms with Crippen LogP contribution < -0.4 is 0 Å². The first-order chi connectivity index (χ1) is 30.7. The normalized spacial score (nSPS) is 11.5. The van der Waals surface area contributed by atoms with E-state index >= 15 is 0 Å². The van der Waals surface area contributed by atoms with E-state index in [1.807, 2.05) is 12.1 Å². The molecule has 0 amide bonds. The highest BCUT2D eigenvalue weighted by Gasteiger charge is 2.20. The predicted molar refractivity (Wildman–Crippen MR) is 254 cm³/mol. The van der Waals surface area contributed by atoms with E-state index in [1.54, 1.807) is 0 Å². The molecule has 0 unspecified atom stereocenters. The summed E-state index contributed by atoms with van der Waals surface area (Å²) < 4.78 is 9.24. The van der Waals surface area contributed by atoms with E-state index in [-0.39, 0.29) is 0 Å². The predicted octanol–water partition coefficient (Wildman–Crippen LogP) is 14.9. The number of nitrogens with zero attached hydrogens (tertiary/aromatic N) is 4. The monoisotopic (exact) mass is 792 g/mol. The van der Waals surface area contributed by atoms with Crippen molar-refractivity contribution >= 4 is 43.7 Å². The molecule has 12 aromatic rings. The third-order valence-electron chi connectivity index (χ3n) is 11.9. The van der Waals surface area contributed by atoms with Gasteiger partial charge in [0.25, 0.3) is 0 Å². The van der Waals surface area contributed by atoms with Crippen molar-refractivity contribution in [1.29, 1.82) is 0 Å². The van der Waals surface area contributed by atoms with Crippen LogP contribution in [0, 0.1) is 0 Å². The van der Waals surface area contributed by atoms with E-state index < -0.39 is 0 Å². The molecule has 5 nitrogen and oxygen atoms in total. The number of fused-ring (bicyclic) bond motifs is 6. The SMILES string of the molecule is c1ccc(-c2ccc(-c3nc(-c4ccc(-c5ccccc5)cc4)nc(-c4ccc5c(c4)oc4c(-n6c7ccccc7c7cc(-c8ccccc8)ccc76)cccc45)n3)cc2)cc1. The van der Waals surface area contributed by atoms with Crippen LogP contribution in [-0.2, 0) is 0 Å². The number of para-hydroxylation sites is 2. The van der Waals surface area contributed by atoms with Gasteiger partial charge in [0.1, 0.15) is 5.58 Å². The van der Waals surface area contributed by atoms with Gasteiger partial charge in [-0.25, -0.2) is 15.0 Å². The Balaban J connectivity index is 0.985. The minimum Gasteiger partial charge on any atom is -0.454 e. The molecule has 0 atom stereocenters. The van der Waals surface area contributed by atoms with Crippen LogP contribution >= 0.6 is 0 Å². The van der Waals surface area contributed by atoms with Crippen molar-refractivity contribution in [2.75, 3.05) is 0 Å². The fourth-order valence-electron chi connectivity index (χ4n) is 8.79. The summed E-state index contributed by atoms with van der Waals surface area (Å²) in [5.41, 5.74) is 14.5. The Morgan fingerprint density at radius 2 is 0.742 bits per heavy atom. The first-order valence-electron chi connectivity index (χ1n) is 20.8. The third-order valence-corrected chi connectivity index (χ3v) is 11.9. The van der Waals surface area contributed by atoms with Gasteiger partial charge in [-0.1, -0.05) is 182 Å². The zero-order valence-corrected chi connectivity index (χ0v) is 33.5. The number of hydrogen-bond acceptors (Lipinski definition) is 4. The second-order valence-electron chi connectivity index (χ2n) is 15.6. The fraction of sp³-hybridized carbons (Fsp3) is 0. The van der Waals surface area contributed by atoms with Crippen molar-refractivity contribution in [3.63, 3.8) is 0 Å². The van der Waals surface area contributed by atoms with Crippen LogP contribution in [0.15, 0.2) is 223 Å². The van der Waals surface area contributed by atoms with Gasteiger partial charge >= 0.3 is 0 Å². The van der Waals surface area contributed by atoms with Crippen molar-refractivity contribution < 1.29 is 4.42 Å². The summed E-state index contributed by atoms with van der Waals surface area (Å²) in [5, 5.41) is 4.47. The molecule has 0 saturated heterocycles. The van der Waals surface area contributed by atoms with E-state index in [1.165, 1.54) is 21.9 Å². The van der Waals surface area contributed by atoms with Crippen molar-refractivity contribution in [2.24, 2.45) is 0 Å². The zero-order chi connectivity index (χ0) is 41.0. The molecular weight excluding hydrogens is 757 g/mol. The molecule has 5 heteroatoms. The van der Waals surface area contributed by atoms with Crippen LogP contribution in [-0.4, -0.2) is 19.5 Å². The van der Waals surface area contributed by atoms with Gasteiger partial charge in [-0.15, -0.1) is 0 Å². The van der Waals surface area contributed by atoms with Crippen molar-refractivity contribution in [3.05, 3.63) is 218 Å². The summed E-state index contributed by atoms with van der Waals surface area (Å²) in [5.74, 6) is 1.78. The Hall–Kier alpha value is -8.41. The maximum absolute atomic E-state index is 6.91. The Morgan fingerprint density at radius 1 is 0.290 bits per heavy atom. The van der Waals surface area contributed by atoms with E-state index in [0.29, 0.717) is 17.5 Å². The molecule has 12 rings (SSSR count). The Kier molecular flexibility index (Phi) is 8.42. The van der Waals surface area contributed by atoms with Crippen LogP contribution in [0.1, 0.15) is 0 Å². The molecule has 0 fully saturated rings. The molecule has 0 aliphatic carbocycles. The minimum absolute atomic E-state index is 0.573. The maximum atomic E-state index is 6.91. The molecule has 0 saturated carbocycles. The molecule has 290 valence electrons. The molecule has 0 aliphatic rings. The lowest BCUT2D eigenvalue weighted by Gasteiger charge is -2.10. The maximum Gasteiger partial charge on any atom is 0.164 e. The molecule has 0 aliphatic heterocycles. The summed E-state index contributed by atoms with van der Waals surface area (Å²) in [7, 11) is 0. The first kappa shape index (κ1) is 35.5. The van der Waals surface area contributed by atoms with Crippen LogP contribution in [0.4, 0.5) is 0 Å². The molecule has 9 aromatic carbocycles. The molecule has 3 heterocycles. The van der Waals surface area contributed by atoms with Gasteiger partial charge in [-0.05, 0) is 69.8 Å². The van der Waals surface area contributed by atoms with E-state index in [4.69, 9.17) is 19.4 Å². The van der Waals surface area contributed by atoms with Gasteiger partial charge in [0.05, 0.1) is 16.7 Å². The van der Waals surface area contributed by atoms with Crippen LogP contribution in [0.3, 0.4) is 0 Å². The van der Waals surface area contributed by atoms with E-state index in [9.17, 15) is 0 Å². The number of rotatable bonds is 7. The van der Waals surface area contributed by atoms with Crippen molar-refractivity contribution in [3.8, 4) is 73.2 Å². The smallest absolute Gasteiger partial charge is 0.164 e.